The van der Waals surface area contributed by atoms with Gasteiger partial charge >= 0.3 is 0 Å². The molecular formula is C29H26ClN3O4S. The predicted molar refractivity (Wildman–Crippen MR) is 143 cm³/mol. The van der Waals surface area contributed by atoms with Crippen LogP contribution in [0.2, 0.25) is 5.02 Å². The van der Waals surface area contributed by atoms with Crippen LogP contribution in [0.4, 0.5) is 0 Å². The molecule has 2 aliphatic heterocycles. The van der Waals surface area contributed by atoms with Gasteiger partial charge in [-0.05, 0) is 74.1 Å². The summed E-state index contributed by atoms with van der Waals surface area (Å²) in [4.78, 5) is 4.81. The molecule has 0 radical (unpaired) electrons. The molecule has 9 heteroatoms. The molecule has 7 rings (SSSR count). The quantitative estimate of drug-likeness (QED) is 0.313. The van der Waals surface area contributed by atoms with E-state index in [1.807, 2.05) is 37.3 Å². The highest BCUT2D eigenvalue weighted by atomic mass is 35.5. The van der Waals surface area contributed by atoms with E-state index in [4.69, 9.17) is 20.9 Å². The minimum absolute atomic E-state index is 0.218. The summed E-state index contributed by atoms with van der Waals surface area (Å²) in [5.41, 5.74) is 7.59. The Labute approximate surface area is 226 Å². The van der Waals surface area contributed by atoms with E-state index in [0.717, 1.165) is 76.4 Å². The third-order valence-corrected chi connectivity index (χ3v) is 9.86. The van der Waals surface area contributed by atoms with Crippen LogP contribution in [0, 0.1) is 6.92 Å². The number of aryl methyl sites for hydroxylation is 2. The van der Waals surface area contributed by atoms with E-state index in [1.54, 1.807) is 18.3 Å². The van der Waals surface area contributed by atoms with Gasteiger partial charge in [0.15, 0.2) is 11.9 Å². The maximum Gasteiger partial charge on any atom is 0.243 e. The van der Waals surface area contributed by atoms with Crippen LogP contribution < -0.4 is 4.74 Å². The Morgan fingerprint density at radius 1 is 0.974 bits per heavy atom. The molecule has 0 saturated carbocycles. The van der Waals surface area contributed by atoms with Gasteiger partial charge in [-0.15, -0.1) is 0 Å². The number of sulfonamides is 1. The second-order valence-electron chi connectivity index (χ2n) is 10.3. The number of pyridine rings is 1. The van der Waals surface area contributed by atoms with Gasteiger partial charge in [0.1, 0.15) is 5.75 Å². The van der Waals surface area contributed by atoms with E-state index in [2.05, 4.69) is 10.1 Å². The molecule has 38 heavy (non-hydrogen) atoms. The summed E-state index contributed by atoms with van der Waals surface area (Å²) in [7, 11) is -3.67. The molecule has 4 heterocycles. The SMILES string of the molecule is Cc1ccc(S(=O)(=O)N2Cc3nccc(-c4cc(Cl)cc5c4O[C@@H](c4onc6c4CCCC6)C5)c3C2)cc1. The summed E-state index contributed by atoms with van der Waals surface area (Å²) in [6.07, 6.45) is 6.28. The lowest BCUT2D eigenvalue weighted by Crippen LogP contribution is -2.25. The molecule has 1 atom stereocenters. The number of hydrogen-bond acceptors (Lipinski definition) is 6. The molecule has 0 saturated heterocycles. The minimum atomic E-state index is -3.67. The van der Waals surface area contributed by atoms with Gasteiger partial charge in [0.25, 0.3) is 0 Å². The van der Waals surface area contributed by atoms with Crippen molar-refractivity contribution >= 4 is 21.6 Å². The van der Waals surface area contributed by atoms with E-state index in [1.165, 1.54) is 9.87 Å². The summed E-state index contributed by atoms with van der Waals surface area (Å²) in [6, 6.07) is 12.7. The molecule has 2 aromatic carbocycles. The highest BCUT2D eigenvalue weighted by Gasteiger charge is 2.37. The zero-order valence-corrected chi connectivity index (χ0v) is 22.5. The molecule has 0 fully saturated rings. The van der Waals surface area contributed by atoms with Crippen molar-refractivity contribution in [3.05, 3.63) is 93.1 Å². The zero-order valence-electron chi connectivity index (χ0n) is 20.9. The summed E-state index contributed by atoms with van der Waals surface area (Å²) in [5, 5.41) is 4.93. The molecule has 3 aliphatic rings. The first-order valence-corrected chi connectivity index (χ1v) is 14.7. The van der Waals surface area contributed by atoms with Crippen molar-refractivity contribution in [2.75, 3.05) is 0 Å². The number of ether oxygens (including phenoxy) is 1. The number of hydrogen-bond donors (Lipinski definition) is 0. The van der Waals surface area contributed by atoms with Crippen LogP contribution in [0.1, 0.15) is 58.3 Å². The Hall–Kier alpha value is -3.20. The maximum absolute atomic E-state index is 13.4. The molecule has 0 amide bonds. The summed E-state index contributed by atoms with van der Waals surface area (Å²) in [6.45, 7) is 2.39. The number of benzene rings is 2. The van der Waals surface area contributed by atoms with Crippen molar-refractivity contribution in [3.8, 4) is 16.9 Å². The van der Waals surface area contributed by atoms with Crippen molar-refractivity contribution in [2.24, 2.45) is 0 Å². The van der Waals surface area contributed by atoms with Gasteiger partial charge in [-0.1, -0.05) is 34.5 Å². The lowest BCUT2D eigenvalue weighted by atomic mass is 9.93. The van der Waals surface area contributed by atoms with Crippen molar-refractivity contribution in [1.29, 1.82) is 0 Å². The molecule has 7 nitrogen and oxygen atoms in total. The van der Waals surface area contributed by atoms with Crippen LogP contribution in [0.15, 0.2) is 58.1 Å². The van der Waals surface area contributed by atoms with Crippen LogP contribution in [-0.2, 0) is 42.4 Å². The molecule has 0 N–H and O–H groups in total. The number of fused-ring (bicyclic) bond motifs is 3. The van der Waals surface area contributed by atoms with E-state index >= 15 is 0 Å². The fourth-order valence-electron chi connectivity index (χ4n) is 5.87. The van der Waals surface area contributed by atoms with Crippen LogP contribution >= 0.6 is 11.6 Å². The van der Waals surface area contributed by atoms with Crippen molar-refractivity contribution in [2.45, 2.75) is 63.1 Å². The zero-order chi connectivity index (χ0) is 26.0. The second-order valence-corrected chi connectivity index (χ2v) is 12.7. The average molecular weight is 548 g/mol. The first-order chi connectivity index (χ1) is 18.4. The Morgan fingerprint density at radius 2 is 1.79 bits per heavy atom. The monoisotopic (exact) mass is 547 g/mol. The second kappa shape index (κ2) is 8.93. The molecule has 2 aromatic heterocycles. The highest BCUT2D eigenvalue weighted by Crippen LogP contribution is 2.48. The van der Waals surface area contributed by atoms with Crippen molar-refractivity contribution in [1.82, 2.24) is 14.4 Å². The van der Waals surface area contributed by atoms with Crippen molar-refractivity contribution in [3.63, 3.8) is 0 Å². The Kier molecular flexibility index (Phi) is 5.61. The Morgan fingerprint density at radius 3 is 2.63 bits per heavy atom. The first-order valence-electron chi connectivity index (χ1n) is 12.9. The predicted octanol–water partition coefficient (Wildman–Crippen LogP) is 5.96. The van der Waals surface area contributed by atoms with E-state index in [9.17, 15) is 8.42 Å². The molecule has 0 bridgehead atoms. The van der Waals surface area contributed by atoms with E-state index < -0.39 is 10.0 Å². The smallest absolute Gasteiger partial charge is 0.243 e. The van der Waals surface area contributed by atoms with Crippen LogP contribution in [0.25, 0.3) is 11.1 Å². The average Bonchev–Trinajstić information content (AvgIpc) is 3.64. The normalized spacial score (nSPS) is 18.6. The summed E-state index contributed by atoms with van der Waals surface area (Å²) in [5.74, 6) is 1.57. The van der Waals surface area contributed by atoms with Gasteiger partial charge in [-0.25, -0.2) is 8.42 Å². The number of aromatic nitrogens is 2. The highest BCUT2D eigenvalue weighted by molar-refractivity contribution is 7.89. The molecule has 0 spiro atoms. The van der Waals surface area contributed by atoms with Crippen LogP contribution in [-0.4, -0.2) is 22.9 Å². The summed E-state index contributed by atoms with van der Waals surface area (Å²) >= 11 is 6.60. The lowest BCUT2D eigenvalue weighted by molar-refractivity contribution is 0.189. The van der Waals surface area contributed by atoms with Gasteiger partial charge < -0.3 is 9.26 Å². The summed E-state index contributed by atoms with van der Waals surface area (Å²) < 4.78 is 40.7. The first kappa shape index (κ1) is 23.9. The fourth-order valence-corrected chi connectivity index (χ4v) is 7.48. The largest absolute Gasteiger partial charge is 0.481 e. The van der Waals surface area contributed by atoms with Crippen molar-refractivity contribution < 1.29 is 17.7 Å². The van der Waals surface area contributed by atoms with Gasteiger partial charge in [-0.2, -0.15) is 4.31 Å². The maximum atomic E-state index is 13.4. The van der Waals surface area contributed by atoms with E-state index in [-0.39, 0.29) is 24.1 Å². The number of rotatable bonds is 4. The topological polar surface area (TPSA) is 85.5 Å². The van der Waals surface area contributed by atoms with Crippen LogP contribution in [0.3, 0.4) is 0 Å². The van der Waals surface area contributed by atoms with E-state index in [0.29, 0.717) is 11.4 Å². The molecule has 1 aliphatic carbocycles. The minimum Gasteiger partial charge on any atom is -0.481 e. The fraction of sp³-hybridized carbons (Fsp3) is 0.310. The van der Waals surface area contributed by atoms with Gasteiger partial charge in [0.2, 0.25) is 10.0 Å². The molecule has 4 aromatic rings. The third-order valence-electron chi connectivity index (χ3n) is 7.83. The van der Waals surface area contributed by atoms with Crippen LogP contribution in [0.5, 0.6) is 5.75 Å². The Balaban J connectivity index is 1.24. The third kappa shape index (κ3) is 3.85. The lowest BCUT2D eigenvalue weighted by Gasteiger charge is -2.16. The molecular weight excluding hydrogens is 522 g/mol. The van der Waals surface area contributed by atoms with Gasteiger partial charge in [0.05, 0.1) is 22.8 Å². The Bertz CT molecular complexity index is 1680. The molecule has 194 valence electrons. The van der Waals surface area contributed by atoms with Gasteiger partial charge in [-0.3, -0.25) is 4.98 Å². The number of nitrogens with zero attached hydrogens (tertiary/aromatic N) is 3. The molecule has 0 unspecified atom stereocenters. The standard InChI is InChI=1S/C29H26ClN3O4S/c1-17-6-8-20(9-7-17)38(34,35)33-15-24-21(10-11-31-26(24)16-33)23-14-19(30)12-18-13-27(36-28(18)23)29-22-4-2-3-5-25(22)32-37-29/h6-12,14,27H,2-5,13,15-16H2,1H3/t27-/m1/s1. The number of halogens is 1. The van der Waals surface area contributed by atoms with Gasteiger partial charge in [0, 0.05) is 40.9 Å².